The second kappa shape index (κ2) is 8.76. The van der Waals surface area contributed by atoms with Gasteiger partial charge >= 0.3 is 0 Å². The lowest BCUT2D eigenvalue weighted by atomic mass is 9.97. The van der Waals surface area contributed by atoms with Crippen LogP contribution in [0, 0.1) is 20.8 Å². The van der Waals surface area contributed by atoms with Gasteiger partial charge in [-0.05, 0) is 56.9 Å². The highest BCUT2D eigenvalue weighted by molar-refractivity contribution is 7.99. The minimum absolute atomic E-state index is 0.0619. The Balaban J connectivity index is 1.67. The molecule has 0 spiro atoms. The molecule has 0 aliphatic carbocycles. The van der Waals surface area contributed by atoms with Crippen molar-refractivity contribution in [1.29, 1.82) is 0 Å². The van der Waals surface area contributed by atoms with Crippen LogP contribution in [0.15, 0.2) is 40.4 Å². The third kappa shape index (κ3) is 4.64. The third-order valence-corrected chi connectivity index (χ3v) is 7.80. The van der Waals surface area contributed by atoms with Crippen molar-refractivity contribution in [2.75, 3.05) is 18.8 Å². The van der Waals surface area contributed by atoms with Crippen molar-refractivity contribution in [3.63, 3.8) is 0 Å². The molecular formula is C21H26N2O3S2. The van der Waals surface area contributed by atoms with Gasteiger partial charge in [-0.1, -0.05) is 35.9 Å². The Labute approximate surface area is 171 Å². The molecule has 5 nitrogen and oxygen atoms in total. The van der Waals surface area contributed by atoms with E-state index in [-0.39, 0.29) is 16.4 Å². The maximum absolute atomic E-state index is 12.7. The third-order valence-electron chi connectivity index (χ3n) is 4.97. The van der Waals surface area contributed by atoms with Crippen LogP contribution in [0.25, 0.3) is 0 Å². The molecular weight excluding hydrogens is 392 g/mol. The Morgan fingerprint density at radius 3 is 2.29 bits per heavy atom. The van der Waals surface area contributed by atoms with Crippen LogP contribution in [0.5, 0.6) is 0 Å². The van der Waals surface area contributed by atoms with Crippen molar-refractivity contribution < 1.29 is 13.2 Å². The van der Waals surface area contributed by atoms with Crippen LogP contribution >= 0.6 is 11.8 Å². The Kier molecular flexibility index (Phi) is 6.58. The van der Waals surface area contributed by atoms with E-state index in [0.29, 0.717) is 18.1 Å². The summed E-state index contributed by atoms with van der Waals surface area (Å²) in [6.07, 6.45) is 4.29. The van der Waals surface area contributed by atoms with Crippen LogP contribution in [-0.4, -0.2) is 42.3 Å². The summed E-state index contributed by atoms with van der Waals surface area (Å²) in [7, 11) is -3.47. The predicted molar refractivity (Wildman–Crippen MR) is 113 cm³/mol. The zero-order chi connectivity index (χ0) is 20.3. The summed E-state index contributed by atoms with van der Waals surface area (Å²) in [6, 6.07) is 7.31. The van der Waals surface area contributed by atoms with Crippen molar-refractivity contribution in [2.45, 2.75) is 50.0 Å². The number of sulfonamides is 1. The molecule has 2 aromatic rings. The Hall–Kier alpha value is -1.70. The van der Waals surface area contributed by atoms with Gasteiger partial charge in [0, 0.05) is 24.8 Å². The van der Waals surface area contributed by atoms with E-state index in [1.165, 1.54) is 22.3 Å². The molecule has 0 bridgehead atoms. The lowest BCUT2D eigenvalue weighted by Crippen LogP contribution is -2.35. The fourth-order valence-corrected chi connectivity index (χ4v) is 5.87. The molecule has 1 aliphatic rings. The first-order valence-electron chi connectivity index (χ1n) is 9.49. The summed E-state index contributed by atoms with van der Waals surface area (Å²) >= 11 is 1.33. The summed E-state index contributed by atoms with van der Waals surface area (Å²) < 4.78 is 26.9. The van der Waals surface area contributed by atoms with Gasteiger partial charge in [0.05, 0.1) is 10.8 Å². The molecule has 28 heavy (non-hydrogen) atoms. The first kappa shape index (κ1) is 21.0. The van der Waals surface area contributed by atoms with Gasteiger partial charge in [0.25, 0.3) is 0 Å². The molecule has 2 heterocycles. The molecule has 0 unspecified atom stereocenters. The van der Waals surface area contributed by atoms with Crippen LogP contribution in [0.4, 0.5) is 0 Å². The van der Waals surface area contributed by atoms with Gasteiger partial charge < -0.3 is 0 Å². The number of piperidine rings is 1. The van der Waals surface area contributed by atoms with E-state index in [1.807, 2.05) is 32.9 Å². The van der Waals surface area contributed by atoms with Crippen LogP contribution in [0.1, 0.15) is 46.3 Å². The maximum atomic E-state index is 12.7. The molecule has 3 rings (SSSR count). The molecule has 0 amide bonds. The normalized spacial score (nSPS) is 15.5. The minimum Gasteiger partial charge on any atom is -0.293 e. The fourth-order valence-electron chi connectivity index (χ4n) is 3.69. The zero-order valence-corrected chi connectivity index (χ0v) is 18.2. The average Bonchev–Trinajstić information content (AvgIpc) is 2.66. The number of hydrogen-bond donors (Lipinski definition) is 0. The number of benzene rings is 1. The maximum Gasteiger partial charge on any atom is 0.244 e. The molecule has 1 fully saturated rings. The monoisotopic (exact) mass is 418 g/mol. The first-order valence-corrected chi connectivity index (χ1v) is 11.9. The van der Waals surface area contributed by atoms with E-state index in [0.717, 1.165) is 41.5 Å². The second-order valence-corrected chi connectivity index (χ2v) is 10.2. The molecule has 1 saturated heterocycles. The topological polar surface area (TPSA) is 67.3 Å². The van der Waals surface area contributed by atoms with Crippen LogP contribution in [0.2, 0.25) is 0 Å². The molecule has 150 valence electrons. The molecule has 0 saturated carbocycles. The van der Waals surface area contributed by atoms with Gasteiger partial charge in [0.1, 0.15) is 4.90 Å². The zero-order valence-electron chi connectivity index (χ0n) is 16.6. The summed E-state index contributed by atoms with van der Waals surface area (Å²) in [6.45, 7) is 7.07. The van der Waals surface area contributed by atoms with E-state index in [2.05, 4.69) is 4.98 Å². The lowest BCUT2D eigenvalue weighted by Gasteiger charge is -2.25. The van der Waals surface area contributed by atoms with E-state index in [1.54, 1.807) is 12.1 Å². The Bertz CT molecular complexity index is 941. The Morgan fingerprint density at radius 2 is 1.71 bits per heavy atom. The minimum atomic E-state index is -3.47. The second-order valence-electron chi connectivity index (χ2n) is 7.28. The number of carbonyl (C=O) groups excluding carboxylic acids is 1. The number of rotatable bonds is 6. The molecule has 0 atom stereocenters. The quantitative estimate of drug-likeness (QED) is 0.521. The number of thioether (sulfide) groups is 1. The number of ketones is 1. The van der Waals surface area contributed by atoms with E-state index >= 15 is 0 Å². The van der Waals surface area contributed by atoms with Gasteiger partial charge in [0.2, 0.25) is 10.0 Å². The van der Waals surface area contributed by atoms with Crippen molar-refractivity contribution in [3.8, 4) is 0 Å². The molecule has 0 radical (unpaired) electrons. The molecule has 0 N–H and O–H groups in total. The van der Waals surface area contributed by atoms with Gasteiger partial charge in [-0.3, -0.25) is 4.79 Å². The highest BCUT2D eigenvalue weighted by Crippen LogP contribution is 2.24. The number of nitrogens with zero attached hydrogens (tertiary/aromatic N) is 2. The highest BCUT2D eigenvalue weighted by atomic mass is 32.2. The number of aromatic nitrogens is 1. The van der Waals surface area contributed by atoms with Gasteiger partial charge in [-0.15, -0.1) is 0 Å². The largest absolute Gasteiger partial charge is 0.293 e. The van der Waals surface area contributed by atoms with Crippen molar-refractivity contribution in [2.24, 2.45) is 0 Å². The molecule has 1 aliphatic heterocycles. The lowest BCUT2D eigenvalue weighted by molar-refractivity contribution is 0.102. The van der Waals surface area contributed by atoms with Crippen LogP contribution in [0.3, 0.4) is 0 Å². The number of pyridine rings is 1. The summed E-state index contributed by atoms with van der Waals surface area (Å²) in [5.41, 5.74) is 3.88. The standard InChI is InChI=1S/C21H26N2O3S2/c1-15-11-16(2)21(17(3)12-15)19(24)14-27-20-8-7-18(13-22-20)28(25,26)23-9-5-4-6-10-23/h7-8,11-13H,4-6,9-10,14H2,1-3H3. The summed E-state index contributed by atoms with van der Waals surface area (Å²) in [5.74, 6) is 0.336. The van der Waals surface area contributed by atoms with Crippen LogP contribution in [-0.2, 0) is 10.0 Å². The predicted octanol–water partition coefficient (Wildman–Crippen LogP) is 4.16. The average molecular weight is 419 g/mol. The van der Waals surface area contributed by atoms with Crippen molar-refractivity contribution in [3.05, 3.63) is 52.7 Å². The van der Waals surface area contributed by atoms with Gasteiger partial charge in [0.15, 0.2) is 5.78 Å². The fraction of sp³-hybridized carbons (Fsp3) is 0.429. The smallest absolute Gasteiger partial charge is 0.244 e. The number of carbonyl (C=O) groups is 1. The van der Waals surface area contributed by atoms with Crippen LogP contribution < -0.4 is 0 Å². The van der Waals surface area contributed by atoms with Gasteiger partial charge in [-0.25, -0.2) is 13.4 Å². The number of hydrogen-bond acceptors (Lipinski definition) is 5. The SMILES string of the molecule is Cc1cc(C)c(C(=O)CSc2ccc(S(=O)(=O)N3CCCCC3)cn2)c(C)c1. The van der Waals surface area contributed by atoms with E-state index < -0.39 is 10.0 Å². The molecule has 7 heteroatoms. The highest BCUT2D eigenvalue weighted by Gasteiger charge is 2.26. The summed E-state index contributed by atoms with van der Waals surface area (Å²) in [4.78, 5) is 17.1. The number of aryl methyl sites for hydroxylation is 3. The van der Waals surface area contributed by atoms with Crippen molar-refractivity contribution >= 4 is 27.6 Å². The van der Waals surface area contributed by atoms with E-state index in [4.69, 9.17) is 0 Å². The van der Waals surface area contributed by atoms with E-state index in [9.17, 15) is 13.2 Å². The molecule has 1 aromatic heterocycles. The molecule has 1 aromatic carbocycles. The van der Waals surface area contributed by atoms with Crippen molar-refractivity contribution in [1.82, 2.24) is 9.29 Å². The van der Waals surface area contributed by atoms with Gasteiger partial charge in [-0.2, -0.15) is 4.31 Å². The first-order chi connectivity index (χ1) is 13.3. The summed E-state index contributed by atoms with van der Waals surface area (Å²) in [5, 5.41) is 0.647. The Morgan fingerprint density at radius 1 is 1.07 bits per heavy atom. The number of Topliss-reactive ketones (excluding diaryl/α,β-unsaturated/α-hetero) is 1.